The number of nitrogens with one attached hydrogen (secondary N) is 2. The molecule has 2 bridgehead atoms. The van der Waals surface area contributed by atoms with Crippen LogP contribution in [0.5, 0.6) is 5.75 Å². The van der Waals surface area contributed by atoms with E-state index in [2.05, 4.69) is 32.6 Å². The molecule has 0 aliphatic carbocycles. The Labute approximate surface area is 207 Å². The van der Waals surface area contributed by atoms with Crippen molar-refractivity contribution in [2.24, 2.45) is 5.92 Å². The van der Waals surface area contributed by atoms with E-state index < -0.39 is 11.6 Å². The first-order valence-electron chi connectivity index (χ1n) is 10.8. The van der Waals surface area contributed by atoms with Crippen LogP contribution >= 0.6 is 28.1 Å². The Balaban J connectivity index is 1.62. The van der Waals surface area contributed by atoms with Crippen molar-refractivity contribution in [3.63, 3.8) is 0 Å². The molecular formula is C26H24BrN3O2S. The third-order valence-electron chi connectivity index (χ3n) is 6.40. The Hall–Kier alpha value is -2.90. The van der Waals surface area contributed by atoms with Crippen molar-refractivity contribution in [1.29, 1.82) is 0 Å². The smallest absolute Gasteiger partial charge is 0.236 e. The first kappa shape index (κ1) is 21.9. The van der Waals surface area contributed by atoms with Gasteiger partial charge in [-0.05, 0) is 68.9 Å². The zero-order valence-corrected chi connectivity index (χ0v) is 21.0. The number of fused-ring (bicyclic) bond motifs is 4. The SMILES string of the molecule is Cc1ccc(NC(=O)[C@@H]2[C@@H]3NC(=S)N(c4cccc(Br)c4)[C@@]2(C)Oc2ccccc23)c(C)c1. The van der Waals surface area contributed by atoms with Crippen LogP contribution in [0.3, 0.4) is 0 Å². The molecular weight excluding hydrogens is 498 g/mol. The fraction of sp³-hybridized carbons (Fsp3) is 0.231. The van der Waals surface area contributed by atoms with Crippen LogP contribution in [-0.4, -0.2) is 16.7 Å². The van der Waals surface area contributed by atoms with Crippen LogP contribution in [0.25, 0.3) is 0 Å². The van der Waals surface area contributed by atoms with Gasteiger partial charge in [0.05, 0.1) is 6.04 Å². The summed E-state index contributed by atoms with van der Waals surface area (Å²) in [4.78, 5) is 15.8. The molecule has 0 spiro atoms. The van der Waals surface area contributed by atoms with Gasteiger partial charge in [-0.25, -0.2) is 0 Å². The number of ether oxygens (including phenoxy) is 1. The van der Waals surface area contributed by atoms with E-state index in [1.165, 1.54) is 0 Å². The van der Waals surface area contributed by atoms with E-state index in [0.29, 0.717) is 5.11 Å². The molecule has 3 aromatic carbocycles. The second-order valence-electron chi connectivity index (χ2n) is 8.72. The summed E-state index contributed by atoms with van der Waals surface area (Å²) < 4.78 is 7.53. The van der Waals surface area contributed by atoms with E-state index in [4.69, 9.17) is 17.0 Å². The summed E-state index contributed by atoms with van der Waals surface area (Å²) in [6, 6.07) is 21.3. The molecule has 0 radical (unpaired) electrons. The van der Waals surface area contributed by atoms with Crippen molar-refractivity contribution in [1.82, 2.24) is 5.32 Å². The predicted molar refractivity (Wildman–Crippen MR) is 139 cm³/mol. The molecule has 1 fully saturated rings. The van der Waals surface area contributed by atoms with Crippen molar-refractivity contribution >= 4 is 50.5 Å². The fourth-order valence-corrected chi connectivity index (χ4v) is 5.70. The highest BCUT2D eigenvalue weighted by Gasteiger charge is 2.59. The number of carbonyl (C=O) groups is 1. The highest BCUT2D eigenvalue weighted by molar-refractivity contribution is 9.10. The summed E-state index contributed by atoms with van der Waals surface area (Å²) in [5, 5.41) is 7.11. The third-order valence-corrected chi connectivity index (χ3v) is 7.19. The summed E-state index contributed by atoms with van der Waals surface area (Å²) >= 11 is 9.35. The minimum atomic E-state index is -1.04. The van der Waals surface area contributed by atoms with Gasteiger partial charge in [-0.3, -0.25) is 9.69 Å². The van der Waals surface area contributed by atoms with Gasteiger partial charge in [0, 0.05) is 21.4 Å². The average molecular weight is 522 g/mol. The number of thiocarbonyl (C=S) groups is 1. The maximum absolute atomic E-state index is 13.9. The zero-order chi connectivity index (χ0) is 23.3. The molecule has 2 heterocycles. The number of carbonyl (C=O) groups excluding carboxylic acids is 1. The lowest BCUT2D eigenvalue weighted by molar-refractivity contribution is -0.130. The number of nitrogens with zero attached hydrogens (tertiary/aromatic N) is 1. The topological polar surface area (TPSA) is 53.6 Å². The van der Waals surface area contributed by atoms with Gasteiger partial charge in [0.2, 0.25) is 5.91 Å². The summed E-state index contributed by atoms with van der Waals surface area (Å²) in [5.74, 6) is 0.0494. The normalized spacial score (nSPS) is 23.3. The summed E-state index contributed by atoms with van der Waals surface area (Å²) in [7, 11) is 0. The van der Waals surface area contributed by atoms with E-state index in [-0.39, 0.29) is 11.9 Å². The van der Waals surface area contributed by atoms with Crippen LogP contribution in [-0.2, 0) is 4.79 Å². The second kappa shape index (κ2) is 8.15. The van der Waals surface area contributed by atoms with Gasteiger partial charge in [-0.1, -0.05) is 57.9 Å². The predicted octanol–water partition coefficient (Wildman–Crippen LogP) is 5.87. The second-order valence-corrected chi connectivity index (χ2v) is 10.0. The molecule has 0 unspecified atom stereocenters. The van der Waals surface area contributed by atoms with Crippen LogP contribution in [0.4, 0.5) is 11.4 Å². The van der Waals surface area contributed by atoms with Crippen LogP contribution in [0, 0.1) is 19.8 Å². The molecule has 33 heavy (non-hydrogen) atoms. The molecule has 168 valence electrons. The number of hydrogen-bond donors (Lipinski definition) is 2. The number of benzene rings is 3. The van der Waals surface area contributed by atoms with E-state index in [1.54, 1.807) is 0 Å². The molecule has 3 aromatic rings. The Morgan fingerprint density at radius 3 is 2.67 bits per heavy atom. The average Bonchev–Trinajstić information content (AvgIpc) is 2.75. The van der Waals surface area contributed by atoms with Crippen LogP contribution in [0.1, 0.15) is 29.7 Å². The zero-order valence-electron chi connectivity index (χ0n) is 18.6. The van der Waals surface area contributed by atoms with Gasteiger partial charge >= 0.3 is 0 Å². The van der Waals surface area contributed by atoms with Gasteiger partial charge in [0.1, 0.15) is 11.7 Å². The lowest BCUT2D eigenvalue weighted by atomic mass is 9.78. The van der Waals surface area contributed by atoms with Crippen molar-refractivity contribution in [3.05, 3.63) is 87.9 Å². The highest BCUT2D eigenvalue weighted by Crippen LogP contribution is 2.49. The number of hydrogen-bond acceptors (Lipinski definition) is 3. The van der Waals surface area contributed by atoms with Crippen molar-refractivity contribution in [2.45, 2.75) is 32.5 Å². The molecule has 1 saturated heterocycles. The van der Waals surface area contributed by atoms with Gasteiger partial charge in [0.25, 0.3) is 0 Å². The Bertz CT molecular complexity index is 1280. The van der Waals surface area contributed by atoms with Crippen LogP contribution in [0.15, 0.2) is 71.2 Å². The molecule has 5 rings (SSSR count). The minimum absolute atomic E-state index is 0.126. The third kappa shape index (κ3) is 3.69. The van der Waals surface area contributed by atoms with Crippen molar-refractivity contribution in [3.8, 4) is 5.75 Å². The van der Waals surface area contributed by atoms with Crippen molar-refractivity contribution < 1.29 is 9.53 Å². The molecule has 0 saturated carbocycles. The van der Waals surface area contributed by atoms with Gasteiger partial charge < -0.3 is 15.4 Å². The maximum atomic E-state index is 13.9. The van der Waals surface area contributed by atoms with E-state index >= 15 is 0 Å². The largest absolute Gasteiger partial charge is 0.467 e. The van der Waals surface area contributed by atoms with Gasteiger partial charge in [-0.2, -0.15) is 0 Å². The van der Waals surface area contributed by atoms with Gasteiger partial charge in [-0.15, -0.1) is 0 Å². The molecule has 1 amide bonds. The summed E-state index contributed by atoms with van der Waals surface area (Å²) in [6.07, 6.45) is 0. The fourth-order valence-electron chi connectivity index (χ4n) is 4.90. The summed E-state index contributed by atoms with van der Waals surface area (Å²) in [6.45, 7) is 5.98. The molecule has 3 atom stereocenters. The Morgan fingerprint density at radius 2 is 1.91 bits per heavy atom. The quantitative estimate of drug-likeness (QED) is 0.422. The number of halogens is 1. The molecule has 5 nitrogen and oxygen atoms in total. The van der Waals surface area contributed by atoms with E-state index in [0.717, 1.165) is 38.3 Å². The number of para-hydroxylation sites is 1. The number of amides is 1. The first-order valence-corrected chi connectivity index (χ1v) is 12.0. The summed E-state index contributed by atoms with van der Waals surface area (Å²) in [5.41, 5.74) is 3.69. The lowest BCUT2D eigenvalue weighted by Crippen LogP contribution is -2.72. The maximum Gasteiger partial charge on any atom is 0.236 e. The van der Waals surface area contributed by atoms with Crippen molar-refractivity contribution in [2.75, 3.05) is 10.2 Å². The molecule has 2 aliphatic heterocycles. The molecule has 0 aromatic heterocycles. The minimum Gasteiger partial charge on any atom is -0.467 e. The van der Waals surface area contributed by atoms with E-state index in [1.807, 2.05) is 86.3 Å². The number of rotatable bonds is 3. The van der Waals surface area contributed by atoms with Crippen LogP contribution in [0.2, 0.25) is 0 Å². The first-order chi connectivity index (χ1) is 15.8. The Kier molecular flexibility index (Phi) is 5.41. The van der Waals surface area contributed by atoms with E-state index in [9.17, 15) is 4.79 Å². The standard InChI is InChI=1S/C26H24BrN3O2S/c1-15-11-12-20(16(2)13-15)28-24(31)22-23-19-9-4-5-10-21(19)32-26(22,3)30(25(33)29-23)18-8-6-7-17(27)14-18/h4-14,22-23H,1-3H3,(H,28,31)(H,29,33)/t22-,23+,26-/m0/s1. The Morgan fingerprint density at radius 1 is 1.12 bits per heavy atom. The lowest BCUT2D eigenvalue weighted by Gasteiger charge is -2.56. The molecule has 7 heteroatoms. The van der Waals surface area contributed by atoms with Gasteiger partial charge in [0.15, 0.2) is 10.8 Å². The monoisotopic (exact) mass is 521 g/mol. The molecule has 2 aliphatic rings. The van der Waals surface area contributed by atoms with Crippen LogP contribution < -0.4 is 20.3 Å². The number of anilines is 2. The highest BCUT2D eigenvalue weighted by atomic mass is 79.9. The number of aryl methyl sites for hydroxylation is 2. The molecule has 2 N–H and O–H groups in total.